The Balaban J connectivity index is 2.80. The Kier molecular flexibility index (Phi) is 2.44. The largest absolute Gasteiger partial charge is 0.512 e. The fraction of sp³-hybridized carbons (Fsp3) is 0.125. The minimum absolute atomic E-state index is 0.0448. The highest BCUT2D eigenvalue weighted by Crippen LogP contribution is 2.10. The maximum atomic E-state index is 11.1. The lowest BCUT2D eigenvalue weighted by Gasteiger charge is -1.88. The van der Waals surface area contributed by atoms with Crippen LogP contribution in [0.25, 0.3) is 0 Å². The number of allylic oxidation sites excluding steroid dienone is 2. The van der Waals surface area contributed by atoms with E-state index < -0.39 is 0 Å². The number of ketones is 1. The molecule has 11 heavy (non-hydrogen) atoms. The van der Waals surface area contributed by atoms with Crippen LogP contribution in [0.1, 0.15) is 16.6 Å². The number of carbonyl (C=O) groups excluding carboxylic acids is 1. The summed E-state index contributed by atoms with van der Waals surface area (Å²) in [5.41, 5.74) is 0. The smallest absolute Gasteiger partial charge is 0.199 e. The zero-order chi connectivity index (χ0) is 8.27. The second-order valence-corrected chi connectivity index (χ2v) is 3.07. The molecule has 0 saturated heterocycles. The van der Waals surface area contributed by atoms with Gasteiger partial charge in [0, 0.05) is 6.08 Å². The van der Waals surface area contributed by atoms with Crippen LogP contribution in [0.4, 0.5) is 0 Å². The zero-order valence-corrected chi connectivity index (χ0v) is 6.89. The average Bonchev–Trinajstić information content (AvgIpc) is 2.35. The number of aliphatic hydroxyl groups is 1. The van der Waals surface area contributed by atoms with Gasteiger partial charge in [0.1, 0.15) is 0 Å². The number of hydrogen-bond acceptors (Lipinski definition) is 3. The summed E-state index contributed by atoms with van der Waals surface area (Å²) in [6.07, 6.45) is 1.21. The Labute approximate surface area is 68.8 Å². The van der Waals surface area contributed by atoms with Crippen LogP contribution in [-0.4, -0.2) is 10.9 Å². The van der Waals surface area contributed by atoms with Gasteiger partial charge in [0.15, 0.2) is 5.78 Å². The van der Waals surface area contributed by atoms with Crippen molar-refractivity contribution >= 4 is 17.1 Å². The van der Waals surface area contributed by atoms with Crippen LogP contribution in [0.5, 0.6) is 0 Å². The van der Waals surface area contributed by atoms with Gasteiger partial charge in [-0.2, -0.15) is 0 Å². The number of carbonyl (C=O) groups is 1. The number of aliphatic hydroxyl groups excluding tert-OH is 1. The molecule has 0 atom stereocenters. The van der Waals surface area contributed by atoms with E-state index in [-0.39, 0.29) is 11.5 Å². The van der Waals surface area contributed by atoms with E-state index in [0.29, 0.717) is 4.88 Å². The van der Waals surface area contributed by atoms with E-state index >= 15 is 0 Å². The van der Waals surface area contributed by atoms with Crippen molar-refractivity contribution in [3.05, 3.63) is 34.2 Å². The first-order valence-electron chi connectivity index (χ1n) is 3.15. The van der Waals surface area contributed by atoms with E-state index in [0.717, 1.165) is 0 Å². The fourth-order valence-corrected chi connectivity index (χ4v) is 1.32. The summed E-state index contributed by atoms with van der Waals surface area (Å²) >= 11 is 1.37. The van der Waals surface area contributed by atoms with Crippen molar-refractivity contribution in [2.75, 3.05) is 0 Å². The first-order chi connectivity index (χ1) is 5.20. The summed E-state index contributed by atoms with van der Waals surface area (Å²) < 4.78 is 0. The Bertz CT molecular complexity index is 268. The van der Waals surface area contributed by atoms with Crippen molar-refractivity contribution < 1.29 is 9.90 Å². The molecule has 0 aliphatic rings. The van der Waals surface area contributed by atoms with Crippen LogP contribution in [0.3, 0.4) is 0 Å². The monoisotopic (exact) mass is 168 g/mol. The van der Waals surface area contributed by atoms with Crippen molar-refractivity contribution in [1.29, 1.82) is 0 Å². The Morgan fingerprint density at radius 3 is 2.91 bits per heavy atom. The highest BCUT2D eigenvalue weighted by Gasteiger charge is 2.02. The zero-order valence-electron chi connectivity index (χ0n) is 6.07. The van der Waals surface area contributed by atoms with Crippen LogP contribution in [0.2, 0.25) is 0 Å². The van der Waals surface area contributed by atoms with E-state index in [2.05, 4.69) is 0 Å². The SMILES string of the molecule is C/C(O)=C/C(=O)c1cccs1. The summed E-state index contributed by atoms with van der Waals surface area (Å²) in [6.45, 7) is 1.48. The molecule has 0 aliphatic heterocycles. The van der Waals surface area contributed by atoms with Crippen LogP contribution < -0.4 is 0 Å². The lowest BCUT2D eigenvalue weighted by atomic mass is 10.3. The van der Waals surface area contributed by atoms with Gasteiger partial charge in [-0.15, -0.1) is 11.3 Å². The molecule has 3 heteroatoms. The van der Waals surface area contributed by atoms with E-state index in [9.17, 15) is 4.79 Å². The van der Waals surface area contributed by atoms with Crippen molar-refractivity contribution in [1.82, 2.24) is 0 Å². The minimum atomic E-state index is -0.139. The summed E-state index contributed by atoms with van der Waals surface area (Å²) in [4.78, 5) is 11.7. The summed E-state index contributed by atoms with van der Waals surface area (Å²) in [6, 6.07) is 3.53. The van der Waals surface area contributed by atoms with Gasteiger partial charge in [-0.25, -0.2) is 0 Å². The number of rotatable bonds is 2. The van der Waals surface area contributed by atoms with Crippen molar-refractivity contribution in [3.8, 4) is 0 Å². The first-order valence-corrected chi connectivity index (χ1v) is 4.03. The lowest BCUT2D eigenvalue weighted by Crippen LogP contribution is -1.90. The molecule has 0 fully saturated rings. The fourth-order valence-electron chi connectivity index (χ4n) is 0.680. The summed E-state index contributed by atoms with van der Waals surface area (Å²) in [5, 5.41) is 10.6. The van der Waals surface area contributed by atoms with Gasteiger partial charge in [0.25, 0.3) is 0 Å². The molecule has 1 N–H and O–H groups in total. The highest BCUT2D eigenvalue weighted by molar-refractivity contribution is 7.12. The van der Waals surface area contributed by atoms with Gasteiger partial charge in [0.2, 0.25) is 0 Å². The van der Waals surface area contributed by atoms with Crippen LogP contribution in [0.15, 0.2) is 29.3 Å². The molecule has 1 heterocycles. The van der Waals surface area contributed by atoms with Gasteiger partial charge in [-0.1, -0.05) is 6.07 Å². The predicted molar refractivity (Wildman–Crippen MR) is 45.0 cm³/mol. The van der Waals surface area contributed by atoms with Crippen LogP contribution in [-0.2, 0) is 0 Å². The predicted octanol–water partition coefficient (Wildman–Crippen LogP) is 2.39. The molecule has 0 saturated carbocycles. The van der Waals surface area contributed by atoms with E-state index in [4.69, 9.17) is 5.11 Å². The molecule has 0 radical (unpaired) electrons. The van der Waals surface area contributed by atoms with E-state index in [1.807, 2.05) is 5.38 Å². The third kappa shape index (κ3) is 2.20. The average molecular weight is 168 g/mol. The molecule has 1 aromatic heterocycles. The number of thiophene rings is 1. The molecule has 1 aromatic rings. The molecule has 0 amide bonds. The maximum Gasteiger partial charge on any atom is 0.199 e. The van der Waals surface area contributed by atoms with Crippen LogP contribution >= 0.6 is 11.3 Å². The van der Waals surface area contributed by atoms with E-state index in [1.165, 1.54) is 24.3 Å². The van der Waals surface area contributed by atoms with Gasteiger partial charge < -0.3 is 5.11 Å². The van der Waals surface area contributed by atoms with Gasteiger partial charge in [-0.3, -0.25) is 4.79 Å². The molecule has 0 spiro atoms. The van der Waals surface area contributed by atoms with Crippen molar-refractivity contribution in [3.63, 3.8) is 0 Å². The molecule has 0 aromatic carbocycles. The molecular weight excluding hydrogens is 160 g/mol. The normalized spacial score (nSPS) is 11.5. The topological polar surface area (TPSA) is 37.3 Å². The molecule has 0 aliphatic carbocycles. The summed E-state index contributed by atoms with van der Waals surface area (Å²) in [5.74, 6) is -0.0941. The first kappa shape index (κ1) is 8.01. The van der Waals surface area contributed by atoms with Gasteiger partial charge in [0.05, 0.1) is 10.6 Å². The standard InChI is InChI=1S/C8H8O2S/c1-6(9)5-7(10)8-3-2-4-11-8/h2-5,9H,1H3/b6-5-. The minimum Gasteiger partial charge on any atom is -0.512 e. The maximum absolute atomic E-state index is 11.1. The Morgan fingerprint density at radius 2 is 2.45 bits per heavy atom. The van der Waals surface area contributed by atoms with Crippen molar-refractivity contribution in [2.45, 2.75) is 6.92 Å². The Morgan fingerprint density at radius 1 is 1.73 bits per heavy atom. The summed E-state index contributed by atoms with van der Waals surface area (Å²) in [7, 11) is 0. The molecule has 58 valence electrons. The highest BCUT2D eigenvalue weighted by atomic mass is 32.1. The second kappa shape index (κ2) is 3.34. The van der Waals surface area contributed by atoms with Crippen molar-refractivity contribution in [2.24, 2.45) is 0 Å². The third-order valence-corrected chi connectivity index (χ3v) is 1.99. The molecule has 2 nitrogen and oxygen atoms in total. The molecular formula is C8H8O2S. The molecule has 0 unspecified atom stereocenters. The quantitative estimate of drug-likeness (QED) is 0.418. The lowest BCUT2D eigenvalue weighted by molar-refractivity contribution is 0.104. The second-order valence-electron chi connectivity index (χ2n) is 2.13. The molecule has 1 rings (SSSR count). The molecule has 0 bridgehead atoms. The number of hydrogen-bond donors (Lipinski definition) is 1. The van der Waals surface area contributed by atoms with Crippen LogP contribution in [0, 0.1) is 0 Å². The van der Waals surface area contributed by atoms with E-state index in [1.54, 1.807) is 12.1 Å². The third-order valence-electron chi connectivity index (χ3n) is 1.10. The van der Waals surface area contributed by atoms with Gasteiger partial charge in [-0.05, 0) is 18.4 Å². The van der Waals surface area contributed by atoms with Gasteiger partial charge >= 0.3 is 0 Å². The Hall–Kier alpha value is -1.09.